The zero-order valence-corrected chi connectivity index (χ0v) is 14.4. The number of likely N-dealkylation sites (tertiary alicyclic amines) is 1. The molecular formula is C21H24N2O2. The Morgan fingerprint density at radius 1 is 1.08 bits per heavy atom. The van der Waals surface area contributed by atoms with Crippen LogP contribution in [0.5, 0.6) is 0 Å². The molecular weight excluding hydrogens is 312 g/mol. The third kappa shape index (κ3) is 3.20. The minimum Gasteiger partial charge on any atom is -0.376 e. The fourth-order valence-corrected chi connectivity index (χ4v) is 3.98. The summed E-state index contributed by atoms with van der Waals surface area (Å²) in [6.07, 6.45) is 0. The van der Waals surface area contributed by atoms with E-state index in [-0.39, 0.29) is 11.9 Å². The SMILES string of the molecule is C[C@@](O)(C(=O)NC1[C@H]2CN(Cc3ccccc3)C[C@@H]12)c1ccccc1. The summed E-state index contributed by atoms with van der Waals surface area (Å²) in [5.41, 5.74) is 0.474. The van der Waals surface area contributed by atoms with Gasteiger partial charge in [-0.05, 0) is 29.9 Å². The molecule has 130 valence electrons. The molecule has 25 heavy (non-hydrogen) atoms. The van der Waals surface area contributed by atoms with Crippen molar-refractivity contribution in [1.82, 2.24) is 10.2 Å². The summed E-state index contributed by atoms with van der Waals surface area (Å²) in [6, 6.07) is 19.8. The summed E-state index contributed by atoms with van der Waals surface area (Å²) in [6.45, 7) is 4.56. The Kier molecular flexibility index (Phi) is 4.10. The lowest BCUT2D eigenvalue weighted by atomic mass is 9.95. The second-order valence-electron chi connectivity index (χ2n) is 7.44. The lowest BCUT2D eigenvalue weighted by Crippen LogP contribution is -2.45. The van der Waals surface area contributed by atoms with Crippen molar-refractivity contribution in [3.63, 3.8) is 0 Å². The summed E-state index contributed by atoms with van der Waals surface area (Å²) in [5.74, 6) is 0.728. The molecule has 1 heterocycles. The Hall–Kier alpha value is -2.17. The van der Waals surface area contributed by atoms with Gasteiger partial charge in [0.25, 0.3) is 5.91 Å². The molecule has 1 unspecified atom stereocenters. The van der Waals surface area contributed by atoms with Crippen LogP contribution in [0.15, 0.2) is 60.7 Å². The van der Waals surface area contributed by atoms with Gasteiger partial charge < -0.3 is 10.4 Å². The maximum Gasteiger partial charge on any atom is 0.256 e. The van der Waals surface area contributed by atoms with Crippen LogP contribution < -0.4 is 5.32 Å². The fraction of sp³-hybridized carbons (Fsp3) is 0.381. The molecule has 1 amide bonds. The van der Waals surface area contributed by atoms with Gasteiger partial charge in [-0.2, -0.15) is 0 Å². The summed E-state index contributed by atoms with van der Waals surface area (Å²) in [7, 11) is 0. The number of rotatable bonds is 5. The third-order valence-electron chi connectivity index (χ3n) is 5.59. The highest BCUT2D eigenvalue weighted by Gasteiger charge is 2.57. The highest BCUT2D eigenvalue weighted by atomic mass is 16.3. The highest BCUT2D eigenvalue weighted by Crippen LogP contribution is 2.46. The standard InChI is InChI=1S/C21H24N2O2/c1-21(25,16-10-6-3-7-11-16)20(24)22-19-17-13-23(14-18(17)19)12-15-8-4-2-5-9-15/h2-11,17-19,25H,12-14H2,1H3,(H,22,24)/t17-,18+,19?,21-/m0/s1. The van der Waals surface area contributed by atoms with E-state index in [1.54, 1.807) is 19.1 Å². The van der Waals surface area contributed by atoms with Crippen molar-refractivity contribution < 1.29 is 9.90 Å². The molecule has 2 aromatic carbocycles. The van der Waals surface area contributed by atoms with Crippen LogP contribution in [0.25, 0.3) is 0 Å². The Morgan fingerprint density at radius 3 is 2.24 bits per heavy atom. The monoisotopic (exact) mass is 336 g/mol. The van der Waals surface area contributed by atoms with Crippen molar-refractivity contribution in [3.05, 3.63) is 71.8 Å². The van der Waals surface area contributed by atoms with Crippen molar-refractivity contribution in [2.75, 3.05) is 13.1 Å². The Labute approximate surface area is 148 Å². The van der Waals surface area contributed by atoms with E-state index >= 15 is 0 Å². The lowest BCUT2D eigenvalue weighted by Gasteiger charge is -2.25. The molecule has 0 radical (unpaired) electrons. The van der Waals surface area contributed by atoms with Crippen LogP contribution in [-0.4, -0.2) is 35.0 Å². The number of aliphatic hydroxyl groups is 1. The molecule has 4 atom stereocenters. The average Bonchev–Trinajstić information content (AvgIpc) is 3.07. The van der Waals surface area contributed by atoms with E-state index < -0.39 is 5.60 Å². The smallest absolute Gasteiger partial charge is 0.256 e. The van der Waals surface area contributed by atoms with Crippen LogP contribution in [0.3, 0.4) is 0 Å². The molecule has 1 aliphatic carbocycles. The minimum absolute atomic E-state index is 0.203. The second kappa shape index (κ2) is 6.28. The van der Waals surface area contributed by atoms with E-state index in [1.165, 1.54) is 5.56 Å². The summed E-state index contributed by atoms with van der Waals surface area (Å²) in [5, 5.41) is 13.7. The number of piperidine rings is 1. The first-order valence-corrected chi connectivity index (χ1v) is 8.91. The lowest BCUT2D eigenvalue weighted by molar-refractivity contribution is -0.139. The molecule has 0 bridgehead atoms. The van der Waals surface area contributed by atoms with Gasteiger partial charge in [0.1, 0.15) is 0 Å². The highest BCUT2D eigenvalue weighted by molar-refractivity contribution is 5.86. The zero-order valence-electron chi connectivity index (χ0n) is 14.4. The van der Waals surface area contributed by atoms with Gasteiger partial charge in [0.15, 0.2) is 5.60 Å². The van der Waals surface area contributed by atoms with E-state index in [4.69, 9.17) is 0 Å². The van der Waals surface area contributed by atoms with Gasteiger partial charge >= 0.3 is 0 Å². The van der Waals surface area contributed by atoms with E-state index in [0.717, 1.165) is 19.6 Å². The molecule has 0 aromatic heterocycles. The normalized spacial score (nSPS) is 27.4. The van der Waals surface area contributed by atoms with Gasteiger partial charge in [-0.1, -0.05) is 60.7 Å². The molecule has 1 saturated carbocycles. The number of nitrogens with one attached hydrogen (secondary N) is 1. The van der Waals surface area contributed by atoms with Gasteiger partial charge in [0.2, 0.25) is 0 Å². The van der Waals surface area contributed by atoms with E-state index in [9.17, 15) is 9.90 Å². The number of hydrogen-bond donors (Lipinski definition) is 2. The van der Waals surface area contributed by atoms with Gasteiger partial charge in [0.05, 0.1) is 0 Å². The predicted molar refractivity (Wildman–Crippen MR) is 96.6 cm³/mol. The van der Waals surface area contributed by atoms with Crippen molar-refractivity contribution in [1.29, 1.82) is 0 Å². The molecule has 4 rings (SSSR count). The van der Waals surface area contributed by atoms with Gasteiger partial charge in [-0.25, -0.2) is 0 Å². The van der Waals surface area contributed by atoms with Gasteiger partial charge in [-0.3, -0.25) is 9.69 Å². The zero-order chi connectivity index (χ0) is 17.4. The molecule has 1 saturated heterocycles. The number of hydrogen-bond acceptors (Lipinski definition) is 3. The van der Waals surface area contributed by atoms with Crippen LogP contribution in [0.2, 0.25) is 0 Å². The molecule has 2 aliphatic rings. The van der Waals surface area contributed by atoms with E-state index in [1.807, 2.05) is 24.3 Å². The number of carbonyl (C=O) groups is 1. The largest absolute Gasteiger partial charge is 0.376 e. The number of benzene rings is 2. The molecule has 4 nitrogen and oxygen atoms in total. The van der Waals surface area contributed by atoms with Crippen LogP contribution in [0, 0.1) is 11.8 Å². The van der Waals surface area contributed by atoms with Crippen LogP contribution >= 0.6 is 0 Å². The number of nitrogens with zero attached hydrogens (tertiary/aromatic N) is 1. The predicted octanol–water partition coefficient (Wildman–Crippen LogP) is 2.14. The Bertz CT molecular complexity index is 733. The first-order chi connectivity index (χ1) is 12.1. The summed E-state index contributed by atoms with van der Waals surface area (Å²) >= 11 is 0. The van der Waals surface area contributed by atoms with Crippen molar-refractivity contribution >= 4 is 5.91 Å². The van der Waals surface area contributed by atoms with E-state index in [2.05, 4.69) is 34.5 Å². The Morgan fingerprint density at radius 2 is 1.64 bits per heavy atom. The molecule has 2 N–H and O–H groups in total. The quantitative estimate of drug-likeness (QED) is 0.880. The number of carbonyl (C=O) groups excluding carboxylic acids is 1. The van der Waals surface area contributed by atoms with Crippen LogP contribution in [0.4, 0.5) is 0 Å². The number of fused-ring (bicyclic) bond motifs is 1. The molecule has 1 aliphatic heterocycles. The minimum atomic E-state index is -1.48. The fourth-order valence-electron chi connectivity index (χ4n) is 3.98. The molecule has 0 spiro atoms. The molecule has 2 aromatic rings. The maximum atomic E-state index is 12.5. The van der Waals surface area contributed by atoms with Gasteiger partial charge in [0, 0.05) is 25.7 Å². The van der Waals surface area contributed by atoms with Crippen molar-refractivity contribution in [2.24, 2.45) is 11.8 Å². The van der Waals surface area contributed by atoms with Crippen LogP contribution in [-0.2, 0) is 16.9 Å². The van der Waals surface area contributed by atoms with Crippen molar-refractivity contribution in [2.45, 2.75) is 25.1 Å². The molecule has 2 fully saturated rings. The van der Waals surface area contributed by atoms with E-state index in [0.29, 0.717) is 17.4 Å². The van der Waals surface area contributed by atoms with Gasteiger partial charge in [-0.15, -0.1) is 0 Å². The first kappa shape index (κ1) is 16.3. The third-order valence-corrected chi connectivity index (χ3v) is 5.59. The topological polar surface area (TPSA) is 52.6 Å². The second-order valence-corrected chi connectivity index (χ2v) is 7.44. The molecule has 4 heteroatoms. The number of amides is 1. The Balaban J connectivity index is 1.31. The summed E-state index contributed by atoms with van der Waals surface area (Å²) < 4.78 is 0. The van der Waals surface area contributed by atoms with Crippen molar-refractivity contribution in [3.8, 4) is 0 Å². The maximum absolute atomic E-state index is 12.5. The van der Waals surface area contributed by atoms with Crippen LogP contribution in [0.1, 0.15) is 18.1 Å². The first-order valence-electron chi connectivity index (χ1n) is 8.91. The summed E-state index contributed by atoms with van der Waals surface area (Å²) in [4.78, 5) is 15.0. The average molecular weight is 336 g/mol.